The quantitative estimate of drug-likeness (QED) is 0.108. The van der Waals surface area contributed by atoms with Crippen molar-refractivity contribution in [2.45, 2.75) is 9.79 Å². The van der Waals surface area contributed by atoms with Gasteiger partial charge < -0.3 is 10.4 Å². The van der Waals surface area contributed by atoms with E-state index in [4.69, 9.17) is 4.55 Å². The number of phenols is 1. The van der Waals surface area contributed by atoms with Gasteiger partial charge in [-0.2, -0.15) is 32.2 Å². The van der Waals surface area contributed by atoms with E-state index in [0.717, 1.165) is 0 Å². The number of nitrogens with zero attached hydrogens (tertiary/aromatic N) is 4. The fourth-order valence-corrected chi connectivity index (χ4v) is 5.20. The van der Waals surface area contributed by atoms with Crippen molar-refractivity contribution in [2.24, 2.45) is 20.5 Å². The maximum atomic E-state index is 12.7. The Labute approximate surface area is 279 Å². The molecule has 13 nitrogen and oxygen atoms in total. The van der Waals surface area contributed by atoms with Crippen LogP contribution in [0.5, 0.6) is 5.75 Å². The first-order valence-corrected chi connectivity index (χ1v) is 15.4. The largest absolute Gasteiger partial charge is 1.00 e. The number of nitrogens with one attached hydrogen (secondary N) is 1. The summed E-state index contributed by atoms with van der Waals surface area (Å²) in [6.45, 7) is 0. The second-order valence-electron chi connectivity index (χ2n) is 9.18. The summed E-state index contributed by atoms with van der Waals surface area (Å²) in [7, 11) is -8.78. The molecule has 0 saturated heterocycles. The van der Waals surface area contributed by atoms with E-state index in [2.05, 4.69) is 25.8 Å². The van der Waals surface area contributed by atoms with Crippen LogP contribution in [0.4, 0.5) is 28.4 Å². The number of carbonyl (C=O) groups is 1. The van der Waals surface area contributed by atoms with Crippen molar-refractivity contribution in [2.75, 3.05) is 5.32 Å². The smallest absolute Gasteiger partial charge is 0.505 e. The van der Waals surface area contributed by atoms with Crippen LogP contribution in [0.1, 0.15) is 10.4 Å². The Hall–Kier alpha value is -4.35. The molecule has 4 N–H and O–H groups in total. The van der Waals surface area contributed by atoms with Crippen LogP contribution in [0.25, 0.3) is 10.8 Å². The van der Waals surface area contributed by atoms with Crippen LogP contribution in [0.3, 0.4) is 0 Å². The fraction of sp³-hybridized carbons (Fsp3) is 0. The summed E-state index contributed by atoms with van der Waals surface area (Å²) in [6, 6.07) is 24.8. The van der Waals surface area contributed by atoms with Gasteiger partial charge in [0.05, 0.1) is 22.0 Å². The number of azo groups is 2. The van der Waals surface area contributed by atoms with Gasteiger partial charge in [0.2, 0.25) is 0 Å². The molecule has 0 aliphatic carbocycles. The summed E-state index contributed by atoms with van der Waals surface area (Å²) in [4.78, 5) is 12.1. The first kappa shape index (κ1) is 33.5. The number of anilines is 1. The minimum absolute atomic E-state index is 0. The van der Waals surface area contributed by atoms with Crippen LogP contribution in [-0.4, -0.2) is 37.0 Å². The van der Waals surface area contributed by atoms with Gasteiger partial charge in [-0.3, -0.25) is 13.9 Å². The van der Waals surface area contributed by atoms with Crippen molar-refractivity contribution in [3.8, 4) is 5.75 Å². The average Bonchev–Trinajstić information content (AvgIpc) is 3.00. The third-order valence-electron chi connectivity index (χ3n) is 6.19. The molecule has 0 fully saturated rings. The molecule has 0 spiro atoms. The standard InChI is InChI=1S/C29H21N5O8S2.Na/c35-28-25-2-1-3-27(44(40,41)42)24(25)16-17-26(28)34-33-20-6-4-18(5-7-20)29(36)30-19-8-10-21(11-9-19)31-32-22-12-14-23(15-13-22)43(37,38)39;/h1-17,35H,(H,30,36)(H,37,38,39)(H,40,41,42);/q;+1. The van der Waals surface area contributed by atoms with Crippen molar-refractivity contribution >= 4 is 65.4 Å². The zero-order valence-corrected chi connectivity index (χ0v) is 26.9. The van der Waals surface area contributed by atoms with Gasteiger partial charge in [-0.1, -0.05) is 18.2 Å². The first-order valence-electron chi connectivity index (χ1n) is 12.5. The Morgan fingerprint density at radius 1 is 0.600 bits per heavy atom. The number of hydrogen-bond donors (Lipinski definition) is 4. The van der Waals surface area contributed by atoms with Crippen LogP contribution in [0, 0.1) is 0 Å². The minimum Gasteiger partial charge on any atom is -0.505 e. The monoisotopic (exact) mass is 654 g/mol. The van der Waals surface area contributed by atoms with E-state index in [1.807, 2.05) is 0 Å². The molecule has 0 saturated carbocycles. The van der Waals surface area contributed by atoms with Gasteiger partial charge in [-0.25, -0.2) is 0 Å². The summed E-state index contributed by atoms with van der Waals surface area (Å²) in [5.41, 5.74) is 2.15. The Bertz CT molecular complexity index is 2160. The summed E-state index contributed by atoms with van der Waals surface area (Å²) in [6.07, 6.45) is 0. The SMILES string of the molecule is O=C(Nc1ccc(N=Nc2ccc(S(=O)(=O)O)cc2)cc1)c1ccc(N=Nc2ccc3c(S(=O)(=O)O)cccc3c2O)cc1.[Na+]. The molecular weight excluding hydrogens is 633 g/mol. The van der Waals surface area contributed by atoms with Gasteiger partial charge in [-0.15, -0.1) is 5.11 Å². The number of carbonyl (C=O) groups excluding carboxylic acids is 1. The minimum atomic E-state index is -4.49. The third-order valence-corrected chi connectivity index (χ3v) is 7.97. The first-order chi connectivity index (χ1) is 20.9. The van der Waals surface area contributed by atoms with Crippen molar-refractivity contribution in [3.05, 3.63) is 109 Å². The molecule has 0 aliphatic rings. The zero-order chi connectivity index (χ0) is 31.5. The van der Waals surface area contributed by atoms with E-state index in [-0.39, 0.29) is 67.5 Å². The van der Waals surface area contributed by atoms with E-state index in [9.17, 15) is 31.3 Å². The van der Waals surface area contributed by atoms with Gasteiger partial charge >= 0.3 is 29.6 Å². The number of phenolic OH excluding ortho intramolecular Hbond substituents is 1. The van der Waals surface area contributed by atoms with Crippen LogP contribution < -0.4 is 34.9 Å². The molecule has 5 aromatic rings. The molecule has 5 aromatic carbocycles. The van der Waals surface area contributed by atoms with Crippen LogP contribution in [0.15, 0.2) is 133 Å². The van der Waals surface area contributed by atoms with E-state index >= 15 is 0 Å². The molecule has 45 heavy (non-hydrogen) atoms. The number of fused-ring (bicyclic) bond motifs is 1. The van der Waals surface area contributed by atoms with Crippen molar-refractivity contribution in [1.82, 2.24) is 0 Å². The maximum Gasteiger partial charge on any atom is 1.00 e. The Kier molecular flexibility index (Phi) is 10.2. The fourth-order valence-electron chi connectivity index (χ4n) is 4.01. The number of hydrogen-bond acceptors (Lipinski definition) is 10. The summed E-state index contributed by atoms with van der Waals surface area (Å²) >= 11 is 0. The van der Waals surface area contributed by atoms with Gasteiger partial charge in [-0.05, 0) is 84.9 Å². The Balaban J connectivity index is 0.00000461. The predicted molar refractivity (Wildman–Crippen MR) is 161 cm³/mol. The molecule has 0 bridgehead atoms. The molecule has 0 aliphatic heterocycles. The van der Waals surface area contributed by atoms with E-state index in [1.54, 1.807) is 36.4 Å². The van der Waals surface area contributed by atoms with Crippen molar-refractivity contribution < 1.29 is 65.4 Å². The number of aromatic hydroxyl groups is 1. The van der Waals surface area contributed by atoms with Gasteiger partial charge in [0.1, 0.15) is 10.6 Å². The Morgan fingerprint density at radius 3 is 1.69 bits per heavy atom. The Morgan fingerprint density at radius 2 is 1.13 bits per heavy atom. The third kappa shape index (κ3) is 8.23. The molecule has 0 heterocycles. The molecule has 0 unspecified atom stereocenters. The van der Waals surface area contributed by atoms with Gasteiger partial charge in [0, 0.05) is 22.0 Å². The van der Waals surface area contributed by atoms with Crippen molar-refractivity contribution in [3.63, 3.8) is 0 Å². The van der Waals surface area contributed by atoms with Crippen LogP contribution in [-0.2, 0) is 20.2 Å². The predicted octanol–water partition coefficient (Wildman–Crippen LogP) is 4.13. The molecule has 0 radical (unpaired) electrons. The summed E-state index contributed by atoms with van der Waals surface area (Å²) in [5, 5.41) is 29.8. The normalized spacial score (nSPS) is 12.0. The summed E-state index contributed by atoms with van der Waals surface area (Å²) in [5.74, 6) is -0.696. The number of benzene rings is 5. The average molecular weight is 655 g/mol. The zero-order valence-electron chi connectivity index (χ0n) is 23.3. The molecule has 5 rings (SSSR count). The van der Waals surface area contributed by atoms with Crippen LogP contribution in [0.2, 0.25) is 0 Å². The van der Waals surface area contributed by atoms with Crippen molar-refractivity contribution in [1.29, 1.82) is 0 Å². The van der Waals surface area contributed by atoms with E-state index in [1.165, 1.54) is 66.7 Å². The molecule has 0 aromatic heterocycles. The van der Waals surface area contributed by atoms with E-state index < -0.39 is 20.2 Å². The van der Waals surface area contributed by atoms with Gasteiger partial charge in [0.15, 0.2) is 5.75 Å². The number of amides is 1. The molecule has 0 atom stereocenters. The second-order valence-corrected chi connectivity index (χ2v) is 12.0. The van der Waals surface area contributed by atoms with Crippen LogP contribution >= 0.6 is 0 Å². The maximum absolute atomic E-state index is 12.7. The summed E-state index contributed by atoms with van der Waals surface area (Å²) < 4.78 is 64.0. The van der Waals surface area contributed by atoms with E-state index in [0.29, 0.717) is 28.3 Å². The molecule has 222 valence electrons. The molecule has 1 amide bonds. The molecular formula is C29H21N5NaO8S2+. The number of rotatable bonds is 8. The topological polar surface area (TPSA) is 208 Å². The van der Waals surface area contributed by atoms with Gasteiger partial charge in [0.25, 0.3) is 26.1 Å². The second kappa shape index (κ2) is 13.7. The molecule has 16 heteroatoms.